The van der Waals surface area contributed by atoms with E-state index in [4.69, 9.17) is 23.2 Å². The van der Waals surface area contributed by atoms with Crippen LogP contribution in [-0.4, -0.2) is 43.9 Å². The zero-order valence-electron chi connectivity index (χ0n) is 15.4. The zero-order chi connectivity index (χ0) is 21.5. The molecule has 1 aliphatic rings. The van der Waals surface area contributed by atoms with Crippen LogP contribution in [0.25, 0.3) is 11.3 Å². The van der Waals surface area contributed by atoms with E-state index in [9.17, 15) is 17.2 Å². The largest absolute Gasteiger partial charge is 0.345 e. The first-order valence-corrected chi connectivity index (χ1v) is 11.9. The highest BCUT2D eigenvalue weighted by atomic mass is 35.5. The lowest BCUT2D eigenvalue weighted by atomic mass is 10.1. The normalized spacial score (nSPS) is 15.5. The molecule has 0 bridgehead atoms. The zero-order valence-corrected chi connectivity index (χ0v) is 18.5. The van der Waals surface area contributed by atoms with E-state index in [1.807, 2.05) is 4.90 Å². The highest BCUT2D eigenvalue weighted by Crippen LogP contribution is 2.33. The van der Waals surface area contributed by atoms with Crippen LogP contribution in [0.4, 0.5) is 13.9 Å². The average molecular weight is 490 g/mol. The third-order valence-corrected chi connectivity index (χ3v) is 8.47. The second-order valence-electron chi connectivity index (χ2n) is 6.62. The molecule has 2 heterocycles. The molecule has 1 saturated heterocycles. The van der Waals surface area contributed by atoms with Crippen LogP contribution in [0.3, 0.4) is 0 Å². The number of hydrogen-bond acceptors (Lipinski definition) is 5. The molecule has 2 aromatic carbocycles. The summed E-state index contributed by atoms with van der Waals surface area (Å²) in [6.07, 6.45) is 0. The summed E-state index contributed by atoms with van der Waals surface area (Å²) in [5, 5.41) is 2.57. The Morgan fingerprint density at radius 3 is 2.33 bits per heavy atom. The molecule has 0 atom stereocenters. The number of aromatic nitrogens is 1. The number of thiazole rings is 1. The summed E-state index contributed by atoms with van der Waals surface area (Å²) >= 11 is 13.4. The Hall–Kier alpha value is -1.78. The van der Waals surface area contributed by atoms with Gasteiger partial charge in [0.1, 0.15) is 16.5 Å². The fraction of sp³-hybridized carbons (Fsp3) is 0.211. The number of nitrogens with zero attached hydrogens (tertiary/aromatic N) is 3. The van der Waals surface area contributed by atoms with E-state index < -0.39 is 21.7 Å². The Balaban J connectivity index is 1.49. The van der Waals surface area contributed by atoms with Crippen LogP contribution in [-0.2, 0) is 10.0 Å². The third-order valence-electron chi connectivity index (χ3n) is 4.69. The minimum Gasteiger partial charge on any atom is -0.345 e. The molecule has 3 aromatic rings. The maximum absolute atomic E-state index is 13.5. The van der Waals surface area contributed by atoms with Crippen LogP contribution >= 0.6 is 34.5 Å². The van der Waals surface area contributed by atoms with Crippen LogP contribution in [0.5, 0.6) is 0 Å². The lowest BCUT2D eigenvalue weighted by Gasteiger charge is -2.34. The Labute approximate surface area is 186 Å². The fourth-order valence-electron chi connectivity index (χ4n) is 3.19. The molecule has 5 nitrogen and oxygen atoms in total. The van der Waals surface area contributed by atoms with Gasteiger partial charge in [0, 0.05) is 43.2 Å². The van der Waals surface area contributed by atoms with E-state index in [1.54, 1.807) is 11.4 Å². The number of sulfonamides is 1. The summed E-state index contributed by atoms with van der Waals surface area (Å²) in [6.45, 7) is 1.33. The van der Waals surface area contributed by atoms with Crippen molar-refractivity contribution in [3.8, 4) is 11.3 Å². The lowest BCUT2D eigenvalue weighted by Crippen LogP contribution is -2.48. The minimum atomic E-state index is -3.78. The van der Waals surface area contributed by atoms with E-state index in [0.717, 1.165) is 6.07 Å². The van der Waals surface area contributed by atoms with Gasteiger partial charge in [0.25, 0.3) is 0 Å². The maximum Gasteiger partial charge on any atom is 0.244 e. The van der Waals surface area contributed by atoms with Gasteiger partial charge in [-0.25, -0.2) is 22.2 Å². The van der Waals surface area contributed by atoms with Crippen molar-refractivity contribution in [3.05, 3.63) is 63.5 Å². The highest BCUT2D eigenvalue weighted by molar-refractivity contribution is 7.89. The van der Waals surface area contributed by atoms with Crippen LogP contribution < -0.4 is 4.90 Å². The molecular weight excluding hydrogens is 475 g/mol. The number of piperazine rings is 1. The Morgan fingerprint density at radius 2 is 1.67 bits per heavy atom. The van der Waals surface area contributed by atoms with E-state index >= 15 is 0 Å². The summed E-state index contributed by atoms with van der Waals surface area (Å²) < 4.78 is 54.2. The van der Waals surface area contributed by atoms with Crippen molar-refractivity contribution >= 4 is 49.7 Å². The van der Waals surface area contributed by atoms with Crippen LogP contribution in [0.1, 0.15) is 0 Å². The second kappa shape index (κ2) is 8.39. The van der Waals surface area contributed by atoms with Crippen molar-refractivity contribution in [3.63, 3.8) is 0 Å². The monoisotopic (exact) mass is 489 g/mol. The third kappa shape index (κ3) is 4.17. The first kappa shape index (κ1) is 21.5. The van der Waals surface area contributed by atoms with Crippen molar-refractivity contribution in [2.45, 2.75) is 4.90 Å². The Morgan fingerprint density at radius 1 is 1.00 bits per heavy atom. The van der Waals surface area contributed by atoms with Gasteiger partial charge in [0.05, 0.1) is 15.7 Å². The average Bonchev–Trinajstić information content (AvgIpc) is 3.20. The minimum absolute atomic E-state index is 0.00786. The molecule has 0 aliphatic carbocycles. The van der Waals surface area contributed by atoms with E-state index in [2.05, 4.69) is 4.98 Å². The van der Waals surface area contributed by atoms with Crippen molar-refractivity contribution < 1.29 is 17.2 Å². The molecule has 158 valence electrons. The summed E-state index contributed by atoms with van der Waals surface area (Å²) in [5.74, 6) is -1.34. The van der Waals surface area contributed by atoms with Gasteiger partial charge >= 0.3 is 0 Å². The number of benzene rings is 2. The molecule has 11 heteroatoms. The summed E-state index contributed by atoms with van der Waals surface area (Å²) in [4.78, 5) is 6.38. The molecule has 1 aromatic heterocycles. The van der Waals surface area contributed by atoms with Gasteiger partial charge in [-0.15, -0.1) is 11.3 Å². The summed E-state index contributed by atoms with van der Waals surface area (Å²) in [6, 6.07) is 7.77. The molecule has 0 amide bonds. The van der Waals surface area contributed by atoms with Crippen molar-refractivity contribution in [1.82, 2.24) is 9.29 Å². The fourth-order valence-corrected chi connectivity index (χ4v) is 6.23. The maximum atomic E-state index is 13.5. The van der Waals surface area contributed by atoms with Crippen LogP contribution in [0.2, 0.25) is 10.0 Å². The number of hydrogen-bond donors (Lipinski definition) is 0. The smallest absolute Gasteiger partial charge is 0.244 e. The van der Waals surface area contributed by atoms with Gasteiger partial charge in [-0.3, -0.25) is 0 Å². The van der Waals surface area contributed by atoms with Crippen molar-refractivity contribution in [2.75, 3.05) is 31.1 Å². The molecule has 1 fully saturated rings. The predicted octanol–water partition coefficient (Wildman–Crippen LogP) is 4.91. The molecule has 30 heavy (non-hydrogen) atoms. The van der Waals surface area contributed by atoms with Gasteiger partial charge in [-0.1, -0.05) is 29.3 Å². The highest BCUT2D eigenvalue weighted by Gasteiger charge is 2.31. The van der Waals surface area contributed by atoms with Gasteiger partial charge in [-0.05, 0) is 24.3 Å². The number of rotatable bonds is 4. The van der Waals surface area contributed by atoms with Gasteiger partial charge in [0.2, 0.25) is 10.0 Å². The number of anilines is 1. The molecule has 1 aliphatic heterocycles. The lowest BCUT2D eigenvalue weighted by molar-refractivity contribution is 0.385. The molecule has 0 radical (unpaired) electrons. The predicted molar refractivity (Wildman–Crippen MR) is 115 cm³/mol. The standard InChI is InChI=1S/C19H15Cl2F2N3O2S2/c20-15-2-1-3-17(18(15)21)30(27,28)26-6-4-25(5-7-26)19-24-16(11-29-19)12-8-13(22)10-14(23)9-12/h1-3,8-11H,4-7H2. The quantitative estimate of drug-likeness (QED) is 0.522. The number of halogens is 4. The molecule has 0 saturated carbocycles. The molecule has 0 unspecified atom stereocenters. The molecule has 0 N–H and O–H groups in total. The SMILES string of the molecule is O=S(=O)(c1cccc(Cl)c1Cl)N1CCN(c2nc(-c3cc(F)cc(F)c3)cs2)CC1. The van der Waals surface area contributed by atoms with Gasteiger partial charge in [0.15, 0.2) is 5.13 Å². The second-order valence-corrected chi connectivity index (χ2v) is 10.1. The van der Waals surface area contributed by atoms with Crippen LogP contribution in [0.15, 0.2) is 46.7 Å². The molecule has 0 spiro atoms. The topological polar surface area (TPSA) is 53.5 Å². The van der Waals surface area contributed by atoms with Crippen molar-refractivity contribution in [1.29, 1.82) is 0 Å². The molecular formula is C19H15Cl2F2N3O2S2. The Kier molecular flexibility index (Phi) is 6.00. The summed E-state index contributed by atoms with van der Waals surface area (Å²) in [5.41, 5.74) is 0.820. The van der Waals surface area contributed by atoms with Gasteiger partial charge in [-0.2, -0.15) is 4.31 Å². The van der Waals surface area contributed by atoms with E-state index in [0.29, 0.717) is 29.5 Å². The summed E-state index contributed by atoms with van der Waals surface area (Å²) in [7, 11) is -3.78. The van der Waals surface area contributed by atoms with Gasteiger partial charge < -0.3 is 4.90 Å². The molecule has 4 rings (SSSR count). The van der Waals surface area contributed by atoms with E-state index in [-0.39, 0.29) is 28.0 Å². The van der Waals surface area contributed by atoms with E-state index in [1.165, 1.54) is 39.9 Å². The first-order valence-electron chi connectivity index (χ1n) is 8.87. The first-order chi connectivity index (χ1) is 14.3. The van der Waals surface area contributed by atoms with Crippen molar-refractivity contribution in [2.24, 2.45) is 0 Å². The van der Waals surface area contributed by atoms with Crippen LogP contribution in [0, 0.1) is 11.6 Å². The Bertz CT molecular complexity index is 1180.